The first kappa shape index (κ1) is 19.6. The number of H-pyrrole nitrogens is 1. The van der Waals surface area contributed by atoms with Crippen LogP contribution in [-0.2, 0) is 11.3 Å². The zero-order valence-electron chi connectivity index (χ0n) is 15.6. The van der Waals surface area contributed by atoms with E-state index in [4.69, 9.17) is 14.2 Å². The van der Waals surface area contributed by atoms with E-state index < -0.39 is 22.9 Å². The van der Waals surface area contributed by atoms with Crippen molar-refractivity contribution >= 4 is 5.97 Å². The molecule has 0 radical (unpaired) electrons. The number of morpholine rings is 1. The zero-order chi connectivity index (χ0) is 20.3. The van der Waals surface area contributed by atoms with Gasteiger partial charge in [0.15, 0.2) is 0 Å². The molecule has 10 nitrogen and oxygen atoms in total. The second-order valence-corrected chi connectivity index (χ2v) is 6.16. The van der Waals surface area contributed by atoms with Crippen LogP contribution in [0.2, 0.25) is 0 Å². The van der Waals surface area contributed by atoms with Crippen LogP contribution in [0.3, 0.4) is 0 Å². The number of methoxy groups -OCH3 is 2. The summed E-state index contributed by atoms with van der Waals surface area (Å²) in [5.74, 6) is -0.639. The third-order valence-electron chi connectivity index (χ3n) is 4.53. The van der Waals surface area contributed by atoms with Crippen molar-refractivity contribution in [2.45, 2.75) is 6.54 Å². The average Bonchev–Trinajstić information content (AvgIpc) is 2.70. The van der Waals surface area contributed by atoms with Gasteiger partial charge in [-0.15, -0.1) is 0 Å². The van der Waals surface area contributed by atoms with Gasteiger partial charge >= 0.3 is 11.7 Å². The molecule has 1 aromatic heterocycles. The Kier molecular flexibility index (Phi) is 5.81. The Morgan fingerprint density at radius 3 is 2.54 bits per heavy atom. The number of carboxylic acid groups (broad SMARTS) is 1. The number of rotatable bonds is 6. The van der Waals surface area contributed by atoms with Crippen LogP contribution in [0.5, 0.6) is 11.5 Å². The predicted molar refractivity (Wildman–Crippen MR) is 98.8 cm³/mol. The molecule has 10 heteroatoms. The van der Waals surface area contributed by atoms with Gasteiger partial charge in [0, 0.05) is 25.7 Å². The van der Waals surface area contributed by atoms with Crippen molar-refractivity contribution in [1.82, 2.24) is 14.5 Å². The van der Waals surface area contributed by atoms with Gasteiger partial charge in [0.25, 0.3) is 5.56 Å². The van der Waals surface area contributed by atoms with Gasteiger partial charge in [0.1, 0.15) is 17.2 Å². The molecular formula is C18H21N3O7. The molecule has 1 aliphatic rings. The Labute approximate surface area is 159 Å². The summed E-state index contributed by atoms with van der Waals surface area (Å²) in [6.07, 6.45) is 0. The fraction of sp³-hybridized carbons (Fsp3) is 0.389. The first-order chi connectivity index (χ1) is 13.5. The van der Waals surface area contributed by atoms with E-state index in [2.05, 4.69) is 4.98 Å². The molecule has 28 heavy (non-hydrogen) atoms. The summed E-state index contributed by atoms with van der Waals surface area (Å²) in [6, 6.07) is 4.62. The normalized spacial score (nSPS) is 14.6. The summed E-state index contributed by atoms with van der Waals surface area (Å²) < 4.78 is 16.6. The summed E-state index contributed by atoms with van der Waals surface area (Å²) in [6.45, 7) is 2.19. The Hall–Kier alpha value is -3.11. The minimum absolute atomic E-state index is 0.00753. The van der Waals surface area contributed by atoms with E-state index >= 15 is 0 Å². The smallest absolute Gasteiger partial charge is 0.352 e. The Morgan fingerprint density at radius 1 is 1.21 bits per heavy atom. The minimum Gasteiger partial charge on any atom is -0.497 e. The maximum Gasteiger partial charge on any atom is 0.352 e. The van der Waals surface area contributed by atoms with Crippen LogP contribution < -0.4 is 20.7 Å². The molecule has 2 N–H and O–H groups in total. The number of nitrogens with zero attached hydrogens (tertiary/aromatic N) is 2. The second kappa shape index (κ2) is 8.28. The van der Waals surface area contributed by atoms with E-state index in [1.165, 1.54) is 26.4 Å². The summed E-state index contributed by atoms with van der Waals surface area (Å²) in [4.78, 5) is 41.5. The van der Waals surface area contributed by atoms with Gasteiger partial charge in [0.2, 0.25) is 0 Å². The van der Waals surface area contributed by atoms with E-state index in [9.17, 15) is 19.5 Å². The van der Waals surface area contributed by atoms with Gasteiger partial charge in [0.05, 0.1) is 38.7 Å². The van der Waals surface area contributed by atoms with Crippen LogP contribution >= 0.6 is 0 Å². The van der Waals surface area contributed by atoms with Crippen LogP contribution in [-0.4, -0.2) is 66.0 Å². The molecule has 0 amide bonds. The standard InChI is InChI=1S/C18H21N3O7/c1-26-11-3-4-13(14(9-11)27-2)21-16(22)12(10-20-5-7-28-8-6-20)15(17(23)24)19-18(21)25/h3-4,9H,5-8,10H2,1-2H3,(H,19,25)(H,23,24). The van der Waals surface area contributed by atoms with Crippen molar-refractivity contribution in [1.29, 1.82) is 0 Å². The number of hydrogen-bond donors (Lipinski definition) is 2. The van der Waals surface area contributed by atoms with Crippen molar-refractivity contribution in [3.8, 4) is 17.2 Å². The van der Waals surface area contributed by atoms with Crippen LogP contribution in [0.1, 0.15) is 16.1 Å². The van der Waals surface area contributed by atoms with Crippen molar-refractivity contribution in [3.05, 3.63) is 50.3 Å². The summed E-state index contributed by atoms with van der Waals surface area (Å²) in [5, 5.41) is 9.47. The molecule has 1 aromatic carbocycles. The van der Waals surface area contributed by atoms with Crippen molar-refractivity contribution in [3.63, 3.8) is 0 Å². The molecule has 0 bridgehead atoms. The van der Waals surface area contributed by atoms with Crippen molar-refractivity contribution < 1.29 is 24.1 Å². The molecule has 1 aliphatic heterocycles. The van der Waals surface area contributed by atoms with E-state index in [1.54, 1.807) is 6.07 Å². The molecule has 2 heterocycles. The Balaban J connectivity index is 2.17. The molecule has 0 atom stereocenters. The van der Waals surface area contributed by atoms with Crippen molar-refractivity contribution in [2.24, 2.45) is 0 Å². The first-order valence-electron chi connectivity index (χ1n) is 8.60. The van der Waals surface area contributed by atoms with Gasteiger partial charge in [-0.25, -0.2) is 14.2 Å². The second-order valence-electron chi connectivity index (χ2n) is 6.16. The number of aromatic amines is 1. The van der Waals surface area contributed by atoms with Crippen molar-refractivity contribution in [2.75, 3.05) is 40.5 Å². The number of aromatic carboxylic acids is 1. The lowest BCUT2D eigenvalue weighted by Gasteiger charge is -2.26. The number of nitrogens with one attached hydrogen (secondary N) is 1. The van der Waals surface area contributed by atoms with Crippen LogP contribution in [0.25, 0.3) is 5.69 Å². The minimum atomic E-state index is -1.37. The van der Waals surface area contributed by atoms with Gasteiger partial charge in [-0.05, 0) is 12.1 Å². The largest absolute Gasteiger partial charge is 0.497 e. The van der Waals surface area contributed by atoms with Gasteiger partial charge in [-0.1, -0.05) is 0 Å². The Morgan fingerprint density at radius 2 is 1.93 bits per heavy atom. The van der Waals surface area contributed by atoms with E-state index in [1.807, 2.05) is 4.90 Å². The number of aromatic nitrogens is 2. The third kappa shape index (κ3) is 3.78. The molecule has 1 saturated heterocycles. The van der Waals surface area contributed by atoms with Gasteiger partial charge in [-0.3, -0.25) is 9.69 Å². The lowest BCUT2D eigenvalue weighted by Crippen LogP contribution is -2.43. The summed E-state index contributed by atoms with van der Waals surface area (Å²) in [5.41, 5.74) is -1.81. The average molecular weight is 391 g/mol. The van der Waals surface area contributed by atoms with Gasteiger partial charge in [-0.2, -0.15) is 0 Å². The van der Waals surface area contributed by atoms with Crippen LogP contribution in [0, 0.1) is 0 Å². The predicted octanol–water partition coefficient (Wildman–Crippen LogP) is 0.0734. The molecule has 2 aromatic rings. The summed E-state index contributed by atoms with van der Waals surface area (Å²) in [7, 11) is 2.88. The molecule has 0 aliphatic carbocycles. The topological polar surface area (TPSA) is 123 Å². The molecule has 1 fully saturated rings. The zero-order valence-corrected chi connectivity index (χ0v) is 15.6. The molecule has 0 saturated carbocycles. The number of carbonyl (C=O) groups is 1. The van der Waals surface area contributed by atoms with E-state index in [0.717, 1.165) is 4.57 Å². The quantitative estimate of drug-likeness (QED) is 0.709. The number of benzene rings is 1. The highest BCUT2D eigenvalue weighted by molar-refractivity contribution is 5.86. The van der Waals surface area contributed by atoms with E-state index in [-0.39, 0.29) is 23.5 Å². The van der Waals surface area contributed by atoms with Crippen LogP contribution in [0.4, 0.5) is 0 Å². The lowest BCUT2D eigenvalue weighted by molar-refractivity contribution is 0.0336. The highest BCUT2D eigenvalue weighted by Gasteiger charge is 2.24. The molecule has 150 valence electrons. The monoisotopic (exact) mass is 391 g/mol. The highest BCUT2D eigenvalue weighted by Crippen LogP contribution is 2.26. The maximum absolute atomic E-state index is 13.1. The first-order valence-corrected chi connectivity index (χ1v) is 8.60. The number of carboxylic acids is 1. The Bertz CT molecular complexity index is 990. The molecular weight excluding hydrogens is 370 g/mol. The fourth-order valence-corrected chi connectivity index (χ4v) is 3.07. The molecule has 0 spiro atoms. The molecule has 0 unspecified atom stereocenters. The van der Waals surface area contributed by atoms with E-state index in [0.29, 0.717) is 32.1 Å². The maximum atomic E-state index is 13.1. The number of hydrogen-bond acceptors (Lipinski definition) is 7. The third-order valence-corrected chi connectivity index (χ3v) is 4.53. The fourth-order valence-electron chi connectivity index (χ4n) is 3.07. The van der Waals surface area contributed by atoms with Gasteiger partial charge < -0.3 is 24.3 Å². The number of ether oxygens (including phenoxy) is 3. The highest BCUT2D eigenvalue weighted by atomic mass is 16.5. The lowest BCUT2D eigenvalue weighted by atomic mass is 10.2. The van der Waals surface area contributed by atoms with Crippen LogP contribution in [0.15, 0.2) is 27.8 Å². The molecule has 3 rings (SSSR count). The SMILES string of the molecule is COc1ccc(-n2c(=O)[nH]c(C(=O)O)c(CN3CCOCC3)c2=O)c(OC)c1. The summed E-state index contributed by atoms with van der Waals surface area (Å²) >= 11 is 0.